The zero-order chi connectivity index (χ0) is 14.8. The van der Waals surface area contributed by atoms with Crippen LogP contribution in [0.2, 0.25) is 0 Å². The fourth-order valence-corrected chi connectivity index (χ4v) is 3.94. The molecule has 2 rings (SSSR count). The van der Waals surface area contributed by atoms with Gasteiger partial charge in [-0.05, 0) is 40.0 Å². The second-order valence-electron chi connectivity index (χ2n) is 5.61. The molecule has 1 N–H and O–H groups in total. The zero-order valence-corrected chi connectivity index (χ0v) is 13.3. The summed E-state index contributed by atoms with van der Waals surface area (Å²) in [6.45, 7) is 5.99. The van der Waals surface area contributed by atoms with Gasteiger partial charge in [0.05, 0.1) is 12.8 Å². The summed E-state index contributed by atoms with van der Waals surface area (Å²) < 4.78 is 10.4. The topological polar surface area (TPSA) is 64.4 Å². The first-order valence-electron chi connectivity index (χ1n) is 6.90. The molecule has 2 atom stereocenters. The van der Waals surface area contributed by atoms with Crippen LogP contribution in [0.5, 0.6) is 0 Å². The van der Waals surface area contributed by atoms with Crippen LogP contribution < -0.4 is 5.32 Å². The number of hydrogen-bond donors (Lipinski definition) is 1. The van der Waals surface area contributed by atoms with E-state index in [4.69, 9.17) is 9.15 Å². The van der Waals surface area contributed by atoms with Gasteiger partial charge in [0.25, 0.3) is 5.22 Å². The van der Waals surface area contributed by atoms with Crippen molar-refractivity contribution in [2.24, 2.45) is 0 Å². The number of nitrogens with zero attached hydrogens (tertiary/aromatic N) is 1. The van der Waals surface area contributed by atoms with E-state index in [-0.39, 0.29) is 12.0 Å². The lowest BCUT2D eigenvalue weighted by atomic mass is 9.97. The van der Waals surface area contributed by atoms with E-state index in [0.717, 1.165) is 25.0 Å². The van der Waals surface area contributed by atoms with Crippen LogP contribution in [0.1, 0.15) is 38.8 Å². The fraction of sp³-hybridized carbons (Fsp3) is 0.714. The third-order valence-corrected chi connectivity index (χ3v) is 4.60. The number of aromatic nitrogens is 1. The van der Waals surface area contributed by atoms with Gasteiger partial charge in [0, 0.05) is 11.3 Å². The maximum absolute atomic E-state index is 12.1. The summed E-state index contributed by atoms with van der Waals surface area (Å²) in [5.41, 5.74) is 0.312. The Morgan fingerprint density at radius 2 is 2.40 bits per heavy atom. The van der Waals surface area contributed by atoms with Gasteiger partial charge >= 0.3 is 5.97 Å². The van der Waals surface area contributed by atoms with Crippen molar-refractivity contribution in [3.8, 4) is 0 Å². The van der Waals surface area contributed by atoms with Crippen molar-refractivity contribution in [3.05, 3.63) is 12.0 Å². The Morgan fingerprint density at radius 3 is 2.95 bits per heavy atom. The summed E-state index contributed by atoms with van der Waals surface area (Å²) in [6, 6.07) is 0.238. The molecule has 1 aliphatic carbocycles. The molecule has 0 aromatic carbocycles. The molecule has 0 saturated heterocycles. The lowest BCUT2D eigenvalue weighted by Crippen LogP contribution is -2.53. The molecular formula is C14H22N2O3S. The molecule has 5 nitrogen and oxygen atoms in total. The van der Waals surface area contributed by atoms with Crippen molar-refractivity contribution in [2.45, 2.75) is 62.1 Å². The van der Waals surface area contributed by atoms with Gasteiger partial charge in [-0.3, -0.25) is 10.1 Å². The largest absolute Gasteiger partial charge is 0.468 e. The number of carbonyl (C=O) groups is 1. The number of hydrogen-bond acceptors (Lipinski definition) is 6. The molecule has 112 valence electrons. The molecule has 1 aromatic rings. The Morgan fingerprint density at radius 1 is 1.65 bits per heavy atom. The summed E-state index contributed by atoms with van der Waals surface area (Å²) in [4.78, 5) is 16.4. The first-order chi connectivity index (χ1) is 9.45. The second kappa shape index (κ2) is 6.18. The highest BCUT2D eigenvalue weighted by Gasteiger charge is 2.47. The van der Waals surface area contributed by atoms with Gasteiger partial charge in [-0.2, -0.15) is 0 Å². The molecule has 1 saturated carbocycles. The van der Waals surface area contributed by atoms with Crippen LogP contribution in [0.15, 0.2) is 15.9 Å². The Kier molecular flexibility index (Phi) is 4.75. The van der Waals surface area contributed by atoms with E-state index in [1.54, 1.807) is 18.0 Å². The average molecular weight is 298 g/mol. The van der Waals surface area contributed by atoms with Crippen LogP contribution in [0, 0.1) is 6.92 Å². The van der Waals surface area contributed by atoms with Gasteiger partial charge in [0.1, 0.15) is 11.8 Å². The minimum Gasteiger partial charge on any atom is -0.468 e. The van der Waals surface area contributed by atoms with Gasteiger partial charge in [-0.15, -0.1) is 0 Å². The Labute approximate surface area is 123 Å². The predicted molar refractivity (Wildman–Crippen MR) is 77.8 cm³/mol. The van der Waals surface area contributed by atoms with Crippen LogP contribution in [0.3, 0.4) is 0 Å². The van der Waals surface area contributed by atoms with Crippen molar-refractivity contribution in [1.29, 1.82) is 0 Å². The van der Waals surface area contributed by atoms with Crippen LogP contribution in [-0.4, -0.2) is 34.9 Å². The van der Waals surface area contributed by atoms with Crippen molar-refractivity contribution in [2.75, 3.05) is 7.11 Å². The predicted octanol–water partition coefficient (Wildman–Crippen LogP) is 2.54. The Balaban J connectivity index is 2.05. The summed E-state index contributed by atoms with van der Waals surface area (Å²) >= 11 is 1.60. The first kappa shape index (κ1) is 15.4. The van der Waals surface area contributed by atoms with E-state index < -0.39 is 5.54 Å². The monoisotopic (exact) mass is 298 g/mol. The summed E-state index contributed by atoms with van der Waals surface area (Å²) in [5, 5.41) is 4.38. The highest BCUT2D eigenvalue weighted by atomic mass is 32.2. The number of thioether (sulfide) groups is 1. The van der Waals surface area contributed by atoms with E-state index in [9.17, 15) is 4.79 Å². The van der Waals surface area contributed by atoms with Crippen molar-refractivity contribution < 1.29 is 13.9 Å². The van der Waals surface area contributed by atoms with Gasteiger partial charge < -0.3 is 9.15 Å². The van der Waals surface area contributed by atoms with E-state index in [2.05, 4.69) is 10.3 Å². The summed E-state index contributed by atoms with van der Waals surface area (Å²) in [5.74, 6) is -0.169. The minimum absolute atomic E-state index is 0.169. The van der Waals surface area contributed by atoms with Crippen molar-refractivity contribution >= 4 is 17.7 Å². The lowest BCUT2D eigenvalue weighted by Gasteiger charge is -2.29. The number of ether oxygens (including phenoxy) is 1. The highest BCUT2D eigenvalue weighted by molar-refractivity contribution is 7.99. The molecule has 2 unspecified atom stereocenters. The molecule has 0 amide bonds. The van der Waals surface area contributed by atoms with Crippen LogP contribution >= 0.6 is 11.8 Å². The molecule has 1 aromatic heterocycles. The maximum atomic E-state index is 12.1. The van der Waals surface area contributed by atoms with Gasteiger partial charge in [-0.25, -0.2) is 4.98 Å². The molecule has 20 heavy (non-hydrogen) atoms. The molecule has 0 spiro atoms. The van der Waals surface area contributed by atoms with Crippen LogP contribution in [-0.2, 0) is 9.53 Å². The van der Waals surface area contributed by atoms with E-state index in [0.29, 0.717) is 10.5 Å². The lowest BCUT2D eigenvalue weighted by molar-refractivity contribution is -0.148. The smallest absolute Gasteiger partial charge is 0.326 e. The molecule has 1 heterocycles. The van der Waals surface area contributed by atoms with Gasteiger partial charge in [0.15, 0.2) is 0 Å². The third-order valence-electron chi connectivity index (χ3n) is 3.48. The maximum Gasteiger partial charge on any atom is 0.326 e. The number of carbonyl (C=O) groups excluding carboxylic acids is 1. The summed E-state index contributed by atoms with van der Waals surface area (Å²) in [7, 11) is 1.45. The highest BCUT2D eigenvalue weighted by Crippen LogP contribution is 2.40. The second-order valence-corrected chi connectivity index (χ2v) is 6.86. The number of oxazole rings is 1. The Hall–Kier alpha value is -1.01. The summed E-state index contributed by atoms with van der Waals surface area (Å²) in [6.07, 6.45) is 4.12. The number of nitrogens with one attached hydrogen (secondary N) is 1. The molecule has 6 heteroatoms. The molecule has 0 radical (unpaired) electrons. The van der Waals surface area contributed by atoms with Crippen molar-refractivity contribution in [3.63, 3.8) is 0 Å². The normalized spacial score (nSPS) is 26.1. The average Bonchev–Trinajstić information content (AvgIpc) is 2.96. The minimum atomic E-state index is -0.567. The Bertz CT molecular complexity index is 475. The number of aryl methyl sites for hydroxylation is 1. The quantitative estimate of drug-likeness (QED) is 0.843. The van der Waals surface area contributed by atoms with E-state index in [1.807, 2.05) is 20.8 Å². The molecule has 1 fully saturated rings. The van der Waals surface area contributed by atoms with Gasteiger partial charge in [0.2, 0.25) is 0 Å². The standard InChI is InChI=1S/C14H22N2O3S/c1-9(2)16-14(12(17)18-4)6-5-11(7-14)20-13-15-10(3)8-19-13/h8-9,11,16H,5-7H2,1-4H3. The molecule has 0 aliphatic heterocycles. The molecule has 0 bridgehead atoms. The zero-order valence-electron chi connectivity index (χ0n) is 12.4. The molecular weight excluding hydrogens is 276 g/mol. The third kappa shape index (κ3) is 3.35. The van der Waals surface area contributed by atoms with E-state index in [1.165, 1.54) is 7.11 Å². The van der Waals surface area contributed by atoms with Crippen LogP contribution in [0.4, 0.5) is 0 Å². The SMILES string of the molecule is COC(=O)C1(NC(C)C)CCC(Sc2nc(C)co2)C1. The fourth-order valence-electron chi connectivity index (χ4n) is 2.75. The molecule has 1 aliphatic rings. The van der Waals surface area contributed by atoms with Crippen molar-refractivity contribution in [1.82, 2.24) is 10.3 Å². The number of rotatable bonds is 5. The first-order valence-corrected chi connectivity index (χ1v) is 7.78. The number of methoxy groups -OCH3 is 1. The van der Waals surface area contributed by atoms with Crippen LogP contribution in [0.25, 0.3) is 0 Å². The van der Waals surface area contributed by atoms with E-state index >= 15 is 0 Å². The number of esters is 1. The van der Waals surface area contributed by atoms with Gasteiger partial charge in [-0.1, -0.05) is 11.8 Å².